The van der Waals surface area contributed by atoms with Crippen molar-refractivity contribution in [2.75, 3.05) is 33.4 Å². The first kappa shape index (κ1) is 23.9. The van der Waals surface area contributed by atoms with Crippen LogP contribution >= 0.6 is 0 Å². The minimum Gasteiger partial charge on any atom is -0.465 e. The number of nitrogens with zero attached hydrogens (tertiary/aromatic N) is 2. The predicted octanol–water partition coefficient (Wildman–Crippen LogP) is 3.63. The van der Waals surface area contributed by atoms with Crippen molar-refractivity contribution in [2.24, 2.45) is 5.92 Å². The minimum atomic E-state index is -1.10. The summed E-state index contributed by atoms with van der Waals surface area (Å²) in [6.07, 6.45) is 6.69. The fraction of sp³-hybridized carbons (Fsp3) is 0.565. The van der Waals surface area contributed by atoms with Crippen LogP contribution in [-0.2, 0) is 15.3 Å². The molecule has 1 heterocycles. The fourth-order valence-electron chi connectivity index (χ4n) is 3.72. The first-order valence-corrected chi connectivity index (χ1v) is 10.7. The first-order valence-electron chi connectivity index (χ1n) is 10.7. The Morgan fingerprint density at radius 1 is 1.23 bits per heavy atom. The lowest BCUT2D eigenvalue weighted by Gasteiger charge is -2.48. The maximum Gasteiger partial charge on any atom is 0.409 e. The topological polar surface area (TPSA) is 82.1 Å². The summed E-state index contributed by atoms with van der Waals surface area (Å²) >= 11 is 0. The summed E-state index contributed by atoms with van der Waals surface area (Å²) in [4.78, 5) is 27.4. The number of carbonyl (C=O) groups is 2. The van der Waals surface area contributed by atoms with Crippen LogP contribution in [0.2, 0.25) is 0 Å². The van der Waals surface area contributed by atoms with Crippen LogP contribution in [0.5, 0.6) is 0 Å². The van der Waals surface area contributed by atoms with Crippen molar-refractivity contribution in [3.63, 3.8) is 0 Å². The Kier molecular flexibility index (Phi) is 9.33. The molecule has 2 rings (SSSR count). The molecule has 0 aliphatic carbocycles. The molecule has 0 bridgehead atoms. The number of rotatable bonds is 10. The molecule has 1 atom stereocenters. The molecule has 0 aromatic heterocycles. The number of ether oxygens (including phenoxy) is 1. The number of carbonyl (C=O) groups excluding carboxylic acids is 1. The molecular formula is C23H35N3O4. The molecule has 2 amide bonds. The highest BCUT2D eigenvalue weighted by atomic mass is 16.5. The number of nitrogens with one attached hydrogen (secondary N) is 1. The molecule has 1 fully saturated rings. The van der Waals surface area contributed by atoms with Crippen LogP contribution in [0.15, 0.2) is 42.5 Å². The number of amides is 2. The van der Waals surface area contributed by atoms with E-state index in [1.807, 2.05) is 35.2 Å². The Bertz CT molecular complexity index is 708. The van der Waals surface area contributed by atoms with Crippen LogP contribution in [0.3, 0.4) is 0 Å². The molecule has 2 N–H and O–H groups in total. The van der Waals surface area contributed by atoms with Crippen LogP contribution in [0.25, 0.3) is 0 Å². The number of hydrogen-bond acceptors (Lipinski definition) is 4. The third-order valence-electron chi connectivity index (χ3n) is 5.35. The SMILES string of the molecule is COC1(c2ccccc2)CN(CNC(=O)CCCCC=CC(C)C)CCN1C(=O)O. The summed E-state index contributed by atoms with van der Waals surface area (Å²) in [7, 11) is 1.53. The molecule has 1 saturated heterocycles. The molecular weight excluding hydrogens is 382 g/mol. The van der Waals surface area contributed by atoms with E-state index < -0.39 is 11.8 Å². The molecule has 0 spiro atoms. The van der Waals surface area contributed by atoms with Gasteiger partial charge in [0, 0.05) is 32.2 Å². The van der Waals surface area contributed by atoms with Crippen LogP contribution in [0.1, 0.15) is 45.1 Å². The van der Waals surface area contributed by atoms with Gasteiger partial charge < -0.3 is 15.2 Å². The van der Waals surface area contributed by atoms with Gasteiger partial charge >= 0.3 is 6.09 Å². The Labute approximate surface area is 179 Å². The zero-order valence-corrected chi connectivity index (χ0v) is 18.3. The zero-order chi connectivity index (χ0) is 22.0. The maximum absolute atomic E-state index is 12.2. The van der Waals surface area contributed by atoms with Gasteiger partial charge in [0.25, 0.3) is 0 Å². The number of hydrogen-bond donors (Lipinski definition) is 2. The monoisotopic (exact) mass is 417 g/mol. The minimum absolute atomic E-state index is 0.0197. The number of carboxylic acid groups (broad SMARTS) is 1. The van der Waals surface area contributed by atoms with Crippen LogP contribution in [0.4, 0.5) is 4.79 Å². The summed E-state index contributed by atoms with van der Waals surface area (Å²) in [5.41, 5.74) is -0.320. The van der Waals surface area contributed by atoms with Crippen LogP contribution in [0, 0.1) is 5.92 Å². The zero-order valence-electron chi connectivity index (χ0n) is 18.3. The summed E-state index contributed by atoms with van der Waals surface area (Å²) in [5, 5.41) is 12.7. The van der Waals surface area contributed by atoms with Crippen LogP contribution < -0.4 is 5.32 Å². The van der Waals surface area contributed by atoms with E-state index in [1.54, 1.807) is 0 Å². The second kappa shape index (κ2) is 11.7. The normalized spacial score (nSPS) is 20.1. The van der Waals surface area contributed by atoms with Gasteiger partial charge in [-0.3, -0.25) is 14.6 Å². The van der Waals surface area contributed by atoms with Crippen molar-refractivity contribution in [1.82, 2.24) is 15.1 Å². The largest absolute Gasteiger partial charge is 0.465 e. The molecule has 1 aliphatic heterocycles. The fourth-order valence-corrected chi connectivity index (χ4v) is 3.72. The summed E-state index contributed by atoms with van der Waals surface area (Å²) in [6.45, 7) is 5.85. The quantitative estimate of drug-likeness (QED) is 0.449. The van der Waals surface area contributed by atoms with E-state index in [0.29, 0.717) is 38.6 Å². The van der Waals surface area contributed by atoms with Gasteiger partial charge in [0.05, 0.1) is 13.2 Å². The van der Waals surface area contributed by atoms with Crippen molar-refractivity contribution in [1.29, 1.82) is 0 Å². The average molecular weight is 418 g/mol. The van der Waals surface area contributed by atoms with Crippen molar-refractivity contribution < 1.29 is 19.4 Å². The van der Waals surface area contributed by atoms with E-state index in [4.69, 9.17) is 4.74 Å². The number of unbranched alkanes of at least 4 members (excludes halogenated alkanes) is 2. The van der Waals surface area contributed by atoms with E-state index in [0.717, 1.165) is 24.8 Å². The lowest BCUT2D eigenvalue weighted by molar-refractivity contribution is -0.166. The van der Waals surface area contributed by atoms with Gasteiger partial charge in [-0.25, -0.2) is 4.79 Å². The first-order chi connectivity index (χ1) is 14.4. The Morgan fingerprint density at radius 3 is 2.60 bits per heavy atom. The van der Waals surface area contributed by atoms with E-state index >= 15 is 0 Å². The molecule has 7 heteroatoms. The molecule has 166 valence electrons. The number of benzene rings is 1. The average Bonchev–Trinajstić information content (AvgIpc) is 2.74. The summed E-state index contributed by atoms with van der Waals surface area (Å²) in [5.74, 6) is 0.580. The van der Waals surface area contributed by atoms with Crippen LogP contribution in [-0.4, -0.2) is 60.3 Å². The van der Waals surface area contributed by atoms with E-state index in [-0.39, 0.29) is 5.91 Å². The summed E-state index contributed by atoms with van der Waals surface area (Å²) < 4.78 is 5.78. The van der Waals surface area contributed by atoms with E-state index in [1.165, 1.54) is 12.0 Å². The molecule has 7 nitrogen and oxygen atoms in total. The predicted molar refractivity (Wildman–Crippen MR) is 117 cm³/mol. The van der Waals surface area contributed by atoms with Gasteiger partial charge in [0.2, 0.25) is 5.91 Å². The molecule has 1 unspecified atom stereocenters. The summed E-state index contributed by atoms with van der Waals surface area (Å²) in [6, 6.07) is 9.36. The van der Waals surface area contributed by atoms with Crippen molar-refractivity contribution >= 4 is 12.0 Å². The molecule has 1 aromatic carbocycles. The van der Waals surface area contributed by atoms with E-state index in [2.05, 4.69) is 31.3 Å². The van der Waals surface area contributed by atoms with Crippen molar-refractivity contribution in [2.45, 2.75) is 45.3 Å². The van der Waals surface area contributed by atoms with Crippen molar-refractivity contribution in [3.05, 3.63) is 48.0 Å². The third kappa shape index (κ3) is 6.57. The maximum atomic E-state index is 12.2. The number of methoxy groups -OCH3 is 1. The van der Waals surface area contributed by atoms with Gasteiger partial charge in [-0.2, -0.15) is 0 Å². The Balaban J connectivity index is 1.89. The highest BCUT2D eigenvalue weighted by molar-refractivity contribution is 5.75. The van der Waals surface area contributed by atoms with E-state index in [9.17, 15) is 14.7 Å². The van der Waals surface area contributed by atoms with Crippen molar-refractivity contribution in [3.8, 4) is 0 Å². The molecule has 1 aromatic rings. The highest BCUT2D eigenvalue weighted by Gasteiger charge is 2.46. The third-order valence-corrected chi connectivity index (χ3v) is 5.35. The Morgan fingerprint density at radius 2 is 1.97 bits per heavy atom. The van der Waals surface area contributed by atoms with Gasteiger partial charge in [0.1, 0.15) is 0 Å². The molecule has 0 saturated carbocycles. The lowest BCUT2D eigenvalue weighted by Crippen LogP contribution is -2.63. The van der Waals surface area contributed by atoms with Gasteiger partial charge in [-0.1, -0.05) is 56.3 Å². The van der Waals surface area contributed by atoms with Gasteiger partial charge in [-0.05, 0) is 25.2 Å². The molecule has 1 aliphatic rings. The number of piperazine rings is 1. The van der Waals surface area contributed by atoms with Gasteiger partial charge in [-0.15, -0.1) is 0 Å². The standard InChI is InChI=1S/C23H35N3O4/c1-19(2)11-7-4-5-10-14-21(27)24-18-25-15-16-26(22(28)29)23(17-25,30-3)20-12-8-6-9-13-20/h6-9,11-13,19H,4-5,10,14-18H2,1-3H3,(H,24,27)(H,28,29). The van der Waals surface area contributed by atoms with Gasteiger partial charge in [0.15, 0.2) is 5.72 Å². The lowest BCUT2D eigenvalue weighted by atomic mass is 9.98. The second-order valence-electron chi connectivity index (χ2n) is 8.02. The molecule has 30 heavy (non-hydrogen) atoms. The second-order valence-corrected chi connectivity index (χ2v) is 8.02. The number of allylic oxidation sites excluding steroid dienone is 2. The smallest absolute Gasteiger partial charge is 0.409 e. The Hall–Kier alpha value is -2.38. The molecule has 0 radical (unpaired) electrons. The highest BCUT2D eigenvalue weighted by Crippen LogP contribution is 2.33.